The number of benzene rings is 3. The van der Waals surface area contributed by atoms with E-state index in [1.165, 1.54) is 0 Å². The summed E-state index contributed by atoms with van der Waals surface area (Å²) in [7, 11) is 0. The van der Waals surface area contributed by atoms with E-state index in [-0.39, 0.29) is 12.3 Å². The molecule has 0 atom stereocenters. The zero-order chi connectivity index (χ0) is 25.5. The van der Waals surface area contributed by atoms with Gasteiger partial charge >= 0.3 is 5.97 Å². The molecule has 1 heterocycles. The highest BCUT2D eigenvalue weighted by Gasteiger charge is 2.18. The zero-order valence-electron chi connectivity index (χ0n) is 20.0. The minimum atomic E-state index is -0.923. The van der Waals surface area contributed by atoms with Crippen molar-refractivity contribution >= 4 is 34.5 Å². The number of para-hydroxylation sites is 1. The highest BCUT2D eigenvalue weighted by molar-refractivity contribution is 6.05. The Hall–Kier alpha value is -4.58. The number of carbonyl (C=O) groups excluding carboxylic acids is 1. The molecule has 3 aromatic carbocycles. The SMILES string of the molecule is C=CCN(CCOc1ccc(C(=O)n2c(C=C)cc3c(CC(=O)O)cccc32)cc1)c1ccccc1. The Labute approximate surface area is 210 Å². The van der Waals surface area contributed by atoms with Crippen molar-refractivity contribution in [2.24, 2.45) is 0 Å². The number of carbonyl (C=O) groups is 2. The molecule has 0 spiro atoms. The first-order valence-corrected chi connectivity index (χ1v) is 11.7. The van der Waals surface area contributed by atoms with E-state index < -0.39 is 5.97 Å². The number of carboxylic acid groups (broad SMARTS) is 1. The van der Waals surface area contributed by atoms with E-state index in [1.807, 2.05) is 30.3 Å². The van der Waals surface area contributed by atoms with Crippen LogP contribution in [0.5, 0.6) is 5.75 Å². The molecule has 1 aromatic heterocycles. The van der Waals surface area contributed by atoms with Gasteiger partial charge in [-0.2, -0.15) is 0 Å². The average Bonchev–Trinajstić information content (AvgIpc) is 3.28. The molecule has 182 valence electrons. The topological polar surface area (TPSA) is 71.8 Å². The van der Waals surface area contributed by atoms with Crippen LogP contribution >= 0.6 is 0 Å². The number of hydrogen-bond acceptors (Lipinski definition) is 4. The molecule has 36 heavy (non-hydrogen) atoms. The van der Waals surface area contributed by atoms with E-state index in [2.05, 4.69) is 30.2 Å². The van der Waals surface area contributed by atoms with Gasteiger partial charge in [-0.3, -0.25) is 14.2 Å². The molecule has 4 rings (SSSR count). The third kappa shape index (κ3) is 5.39. The van der Waals surface area contributed by atoms with Gasteiger partial charge in [-0.25, -0.2) is 0 Å². The largest absolute Gasteiger partial charge is 0.492 e. The lowest BCUT2D eigenvalue weighted by atomic mass is 10.1. The fourth-order valence-corrected chi connectivity index (χ4v) is 4.22. The van der Waals surface area contributed by atoms with Gasteiger partial charge in [0.05, 0.1) is 18.5 Å². The van der Waals surface area contributed by atoms with Crippen molar-refractivity contribution in [1.82, 2.24) is 4.57 Å². The molecule has 0 amide bonds. The second-order valence-electron chi connectivity index (χ2n) is 8.28. The van der Waals surface area contributed by atoms with Crippen LogP contribution in [0.4, 0.5) is 5.69 Å². The van der Waals surface area contributed by atoms with Crippen LogP contribution in [0.2, 0.25) is 0 Å². The number of fused-ring (bicyclic) bond motifs is 1. The molecule has 4 aromatic rings. The predicted octanol–water partition coefficient (Wildman–Crippen LogP) is 5.67. The number of hydrogen-bond donors (Lipinski definition) is 1. The van der Waals surface area contributed by atoms with Gasteiger partial charge < -0.3 is 14.7 Å². The average molecular weight is 481 g/mol. The van der Waals surface area contributed by atoms with Crippen LogP contribution < -0.4 is 9.64 Å². The molecule has 0 radical (unpaired) electrons. The first-order chi connectivity index (χ1) is 17.5. The minimum Gasteiger partial charge on any atom is -0.492 e. The lowest BCUT2D eigenvalue weighted by Crippen LogP contribution is -2.28. The molecule has 0 saturated heterocycles. The summed E-state index contributed by atoms with van der Waals surface area (Å²) < 4.78 is 7.50. The predicted molar refractivity (Wildman–Crippen MR) is 144 cm³/mol. The third-order valence-electron chi connectivity index (χ3n) is 5.92. The van der Waals surface area contributed by atoms with E-state index in [4.69, 9.17) is 4.74 Å². The van der Waals surface area contributed by atoms with E-state index in [9.17, 15) is 14.7 Å². The Balaban J connectivity index is 1.49. The van der Waals surface area contributed by atoms with Crippen molar-refractivity contribution in [2.75, 3.05) is 24.6 Å². The van der Waals surface area contributed by atoms with Crippen LogP contribution in [0.3, 0.4) is 0 Å². The van der Waals surface area contributed by atoms with Gasteiger partial charge in [-0.05, 0) is 60.2 Å². The van der Waals surface area contributed by atoms with E-state index >= 15 is 0 Å². The summed E-state index contributed by atoms with van der Waals surface area (Å²) in [4.78, 5) is 26.9. The summed E-state index contributed by atoms with van der Waals surface area (Å²) in [5, 5.41) is 9.96. The Bertz CT molecular complexity index is 1390. The van der Waals surface area contributed by atoms with Crippen LogP contribution in [0, 0.1) is 0 Å². The summed E-state index contributed by atoms with van der Waals surface area (Å²) in [5.41, 5.74) is 3.50. The molecule has 0 unspecified atom stereocenters. The van der Waals surface area contributed by atoms with E-state index in [0.717, 1.165) is 11.1 Å². The van der Waals surface area contributed by atoms with Crippen LogP contribution in [0.15, 0.2) is 98.1 Å². The maximum absolute atomic E-state index is 13.4. The first kappa shape index (κ1) is 24.5. The highest BCUT2D eigenvalue weighted by atomic mass is 16.5. The van der Waals surface area contributed by atoms with Gasteiger partial charge in [0, 0.05) is 28.9 Å². The van der Waals surface area contributed by atoms with Crippen LogP contribution in [-0.4, -0.2) is 41.2 Å². The molecule has 0 aliphatic heterocycles. The summed E-state index contributed by atoms with van der Waals surface area (Å²) in [6, 6.07) is 24.3. The Morgan fingerprint density at radius 1 is 0.972 bits per heavy atom. The molecular formula is C30H28N2O4. The number of ether oxygens (including phenoxy) is 1. The molecular weight excluding hydrogens is 452 g/mol. The molecule has 0 aliphatic rings. The number of aliphatic carboxylic acids is 1. The Morgan fingerprint density at radius 3 is 2.39 bits per heavy atom. The maximum Gasteiger partial charge on any atom is 0.307 e. The Morgan fingerprint density at radius 2 is 1.72 bits per heavy atom. The van der Waals surface area contributed by atoms with Crippen LogP contribution in [0.1, 0.15) is 21.6 Å². The third-order valence-corrected chi connectivity index (χ3v) is 5.92. The molecule has 6 nitrogen and oxygen atoms in total. The monoisotopic (exact) mass is 480 g/mol. The zero-order valence-corrected chi connectivity index (χ0v) is 20.0. The number of carboxylic acids is 1. The fraction of sp³-hybridized carbons (Fsp3) is 0.133. The van der Waals surface area contributed by atoms with Crippen molar-refractivity contribution in [3.63, 3.8) is 0 Å². The summed E-state index contributed by atoms with van der Waals surface area (Å²) in [6.45, 7) is 9.55. The van der Waals surface area contributed by atoms with Gasteiger partial charge in [0.15, 0.2) is 0 Å². The summed E-state index contributed by atoms with van der Waals surface area (Å²) in [6.07, 6.45) is 3.34. The molecule has 0 aliphatic carbocycles. The van der Waals surface area contributed by atoms with E-state index in [1.54, 1.807) is 53.1 Å². The number of nitrogens with zero attached hydrogens (tertiary/aromatic N) is 2. The lowest BCUT2D eigenvalue weighted by Gasteiger charge is -2.23. The van der Waals surface area contributed by atoms with Crippen molar-refractivity contribution < 1.29 is 19.4 Å². The van der Waals surface area contributed by atoms with Crippen molar-refractivity contribution in [3.05, 3.63) is 115 Å². The van der Waals surface area contributed by atoms with Crippen molar-refractivity contribution in [1.29, 1.82) is 0 Å². The number of anilines is 1. The molecule has 0 saturated carbocycles. The number of aromatic nitrogens is 1. The van der Waals surface area contributed by atoms with Gasteiger partial charge in [-0.1, -0.05) is 43.0 Å². The Kier molecular flexibility index (Phi) is 7.66. The summed E-state index contributed by atoms with van der Waals surface area (Å²) in [5.74, 6) is -0.475. The van der Waals surface area contributed by atoms with Gasteiger partial charge in [0.2, 0.25) is 0 Å². The van der Waals surface area contributed by atoms with Gasteiger partial charge in [0.25, 0.3) is 5.91 Å². The molecule has 1 N–H and O–H groups in total. The standard InChI is InChI=1S/C30H28N2O4/c1-3-17-31(25-10-6-5-7-11-25)18-19-36-26-15-13-22(14-16-26)30(35)32-24(4-2)21-27-23(20-29(33)34)9-8-12-28(27)32/h3-16,21H,1-2,17-20H2,(H,33,34). The fourth-order valence-electron chi connectivity index (χ4n) is 4.22. The molecule has 0 bridgehead atoms. The second kappa shape index (κ2) is 11.2. The van der Waals surface area contributed by atoms with Crippen molar-refractivity contribution in [2.45, 2.75) is 6.42 Å². The molecule has 0 fully saturated rings. The number of rotatable bonds is 11. The summed E-state index contributed by atoms with van der Waals surface area (Å²) >= 11 is 0. The van der Waals surface area contributed by atoms with E-state index in [0.29, 0.717) is 47.8 Å². The quantitative estimate of drug-likeness (QED) is 0.280. The van der Waals surface area contributed by atoms with Crippen molar-refractivity contribution in [3.8, 4) is 5.75 Å². The second-order valence-corrected chi connectivity index (χ2v) is 8.28. The smallest absolute Gasteiger partial charge is 0.307 e. The first-order valence-electron chi connectivity index (χ1n) is 11.7. The highest BCUT2D eigenvalue weighted by Crippen LogP contribution is 2.26. The normalized spacial score (nSPS) is 10.7. The van der Waals surface area contributed by atoms with Gasteiger partial charge in [-0.15, -0.1) is 6.58 Å². The maximum atomic E-state index is 13.4. The van der Waals surface area contributed by atoms with Crippen LogP contribution in [0.25, 0.3) is 17.0 Å². The lowest BCUT2D eigenvalue weighted by molar-refractivity contribution is -0.136. The minimum absolute atomic E-state index is 0.118. The molecule has 6 heteroatoms. The van der Waals surface area contributed by atoms with Gasteiger partial charge in [0.1, 0.15) is 12.4 Å². The van der Waals surface area contributed by atoms with Crippen LogP contribution in [-0.2, 0) is 11.2 Å².